The third-order valence-corrected chi connectivity index (χ3v) is 6.41. The molecule has 0 unspecified atom stereocenters. The van der Waals surface area contributed by atoms with E-state index < -0.39 is 17.8 Å². The van der Waals surface area contributed by atoms with Crippen LogP contribution in [-0.2, 0) is 20.6 Å². The first-order valence-electron chi connectivity index (χ1n) is 11.6. The number of rotatable bonds is 5. The Morgan fingerprint density at radius 3 is 2.57 bits per heavy atom. The van der Waals surface area contributed by atoms with Gasteiger partial charge in [-0.15, -0.1) is 0 Å². The van der Waals surface area contributed by atoms with Gasteiger partial charge in [0, 0.05) is 44.1 Å². The molecule has 11 heteroatoms. The molecule has 1 atom stereocenters. The van der Waals surface area contributed by atoms with Crippen LogP contribution in [0.15, 0.2) is 30.5 Å². The number of nitrogen functional groups attached to an aromatic ring is 1. The van der Waals surface area contributed by atoms with Crippen LogP contribution in [0.5, 0.6) is 0 Å². The highest BCUT2D eigenvalue weighted by Crippen LogP contribution is 2.38. The van der Waals surface area contributed by atoms with Gasteiger partial charge >= 0.3 is 6.18 Å². The number of piperidine rings is 2. The summed E-state index contributed by atoms with van der Waals surface area (Å²) < 4.78 is 39.9. The highest BCUT2D eigenvalue weighted by molar-refractivity contribution is 5.97. The number of anilines is 1. The minimum absolute atomic E-state index is 0.00607. The zero-order valence-electron chi connectivity index (χ0n) is 19.1. The van der Waals surface area contributed by atoms with Crippen LogP contribution in [0.3, 0.4) is 0 Å². The van der Waals surface area contributed by atoms with Crippen molar-refractivity contribution in [2.75, 3.05) is 18.8 Å². The van der Waals surface area contributed by atoms with Crippen LogP contribution in [0.4, 0.5) is 19.1 Å². The van der Waals surface area contributed by atoms with Crippen LogP contribution >= 0.6 is 0 Å². The van der Waals surface area contributed by atoms with Crippen molar-refractivity contribution in [3.63, 3.8) is 0 Å². The van der Waals surface area contributed by atoms with E-state index >= 15 is 0 Å². The van der Waals surface area contributed by atoms with Gasteiger partial charge in [-0.3, -0.25) is 19.3 Å². The normalized spacial score (nSPS) is 19.2. The molecule has 2 aromatic rings. The fourth-order valence-corrected chi connectivity index (χ4v) is 4.66. The molecule has 1 aromatic carbocycles. The summed E-state index contributed by atoms with van der Waals surface area (Å²) in [6, 6.07) is 4.35. The van der Waals surface area contributed by atoms with E-state index in [9.17, 15) is 27.6 Å². The summed E-state index contributed by atoms with van der Waals surface area (Å²) >= 11 is 0. The second kappa shape index (κ2) is 10.0. The van der Waals surface area contributed by atoms with Gasteiger partial charge in [-0.25, -0.2) is 9.97 Å². The second-order valence-corrected chi connectivity index (χ2v) is 8.75. The molecule has 3 heterocycles. The average Bonchev–Trinajstić information content (AvgIpc) is 2.83. The van der Waals surface area contributed by atoms with E-state index in [-0.39, 0.29) is 55.0 Å². The van der Waals surface area contributed by atoms with Gasteiger partial charge in [-0.1, -0.05) is 12.1 Å². The number of halogens is 3. The standard InChI is InChI=1S/C24H26F3N5O3/c25-24(26,27)16-6-3-5-15(13-16)17-14-29-23(28)30-22(17)18-7-1-2-11-31(18)21(35)10-12-32-19(33)8-4-9-20(32)34/h3,5-6,13-14,18H,1-2,4,7-12H2,(H2,28,29,30)/t18-/m0/s1. The van der Waals surface area contributed by atoms with Crippen LogP contribution in [0.25, 0.3) is 11.1 Å². The molecule has 186 valence electrons. The summed E-state index contributed by atoms with van der Waals surface area (Å²) in [5.74, 6) is -0.856. The third-order valence-electron chi connectivity index (χ3n) is 6.41. The number of carbonyl (C=O) groups is 3. The minimum atomic E-state index is -4.51. The number of likely N-dealkylation sites (tertiary alicyclic amines) is 2. The minimum Gasteiger partial charge on any atom is -0.368 e. The largest absolute Gasteiger partial charge is 0.416 e. The van der Waals surface area contributed by atoms with E-state index in [0.29, 0.717) is 30.6 Å². The van der Waals surface area contributed by atoms with E-state index in [2.05, 4.69) is 9.97 Å². The maximum atomic E-state index is 13.3. The number of alkyl halides is 3. The van der Waals surface area contributed by atoms with Gasteiger partial charge in [0.05, 0.1) is 17.3 Å². The Balaban J connectivity index is 1.62. The quantitative estimate of drug-likeness (QED) is 0.641. The molecular formula is C24H26F3N5O3. The fourth-order valence-electron chi connectivity index (χ4n) is 4.66. The van der Waals surface area contributed by atoms with Gasteiger partial charge in [0.15, 0.2) is 0 Å². The van der Waals surface area contributed by atoms with E-state index in [1.807, 2.05) is 0 Å². The molecule has 2 aliphatic rings. The molecular weight excluding hydrogens is 463 g/mol. The lowest BCUT2D eigenvalue weighted by Crippen LogP contribution is -2.44. The number of hydrogen-bond acceptors (Lipinski definition) is 6. The molecule has 2 N–H and O–H groups in total. The summed E-state index contributed by atoms with van der Waals surface area (Å²) in [5, 5.41) is 0. The SMILES string of the molecule is Nc1ncc(-c2cccc(C(F)(F)F)c2)c([C@@H]2CCCCN2C(=O)CCN2C(=O)CCCC2=O)n1. The number of amides is 3. The first-order chi connectivity index (χ1) is 16.6. The molecule has 2 fully saturated rings. The van der Waals surface area contributed by atoms with Crippen LogP contribution < -0.4 is 5.73 Å². The van der Waals surface area contributed by atoms with Crippen molar-refractivity contribution >= 4 is 23.7 Å². The zero-order chi connectivity index (χ0) is 25.2. The third kappa shape index (κ3) is 5.44. The van der Waals surface area contributed by atoms with Crippen LogP contribution in [0.2, 0.25) is 0 Å². The highest BCUT2D eigenvalue weighted by Gasteiger charge is 2.34. The Kier molecular flexibility index (Phi) is 7.04. The van der Waals surface area contributed by atoms with E-state index in [4.69, 9.17) is 5.73 Å². The molecule has 8 nitrogen and oxygen atoms in total. The summed E-state index contributed by atoms with van der Waals surface area (Å²) in [4.78, 5) is 48.5. The number of nitrogens with two attached hydrogens (primary N) is 1. The Morgan fingerprint density at radius 2 is 1.86 bits per heavy atom. The predicted octanol–water partition coefficient (Wildman–Crippen LogP) is 3.73. The Hall–Kier alpha value is -3.50. The lowest BCUT2D eigenvalue weighted by Gasteiger charge is -2.37. The Bertz CT molecular complexity index is 1120. The van der Waals surface area contributed by atoms with Gasteiger partial charge < -0.3 is 10.6 Å². The summed E-state index contributed by atoms with van der Waals surface area (Å²) in [7, 11) is 0. The molecule has 0 spiro atoms. The predicted molar refractivity (Wildman–Crippen MR) is 120 cm³/mol. The molecule has 3 amide bonds. The smallest absolute Gasteiger partial charge is 0.368 e. The molecule has 4 rings (SSSR count). The van der Waals surface area contributed by atoms with Crippen LogP contribution in [0.1, 0.15) is 62.2 Å². The van der Waals surface area contributed by atoms with Gasteiger partial charge in [0.2, 0.25) is 23.7 Å². The molecule has 0 saturated carbocycles. The lowest BCUT2D eigenvalue weighted by atomic mass is 9.93. The van der Waals surface area contributed by atoms with Crippen molar-refractivity contribution in [1.82, 2.24) is 19.8 Å². The number of carbonyl (C=O) groups excluding carboxylic acids is 3. The van der Waals surface area contributed by atoms with Gasteiger partial charge in [-0.2, -0.15) is 13.2 Å². The van der Waals surface area contributed by atoms with Crippen molar-refractivity contribution in [3.05, 3.63) is 41.7 Å². The first-order valence-corrected chi connectivity index (χ1v) is 11.6. The fraction of sp³-hybridized carbons (Fsp3) is 0.458. The first kappa shape index (κ1) is 24.6. The lowest BCUT2D eigenvalue weighted by molar-refractivity contribution is -0.148. The molecule has 2 saturated heterocycles. The van der Waals surface area contributed by atoms with Gasteiger partial charge in [0.1, 0.15) is 0 Å². The topological polar surface area (TPSA) is 109 Å². The molecule has 0 radical (unpaired) electrons. The van der Waals surface area contributed by atoms with Crippen LogP contribution in [-0.4, -0.2) is 50.6 Å². The number of nitrogens with zero attached hydrogens (tertiary/aromatic N) is 4. The van der Waals surface area contributed by atoms with E-state index in [1.54, 1.807) is 4.90 Å². The zero-order valence-corrected chi connectivity index (χ0v) is 19.1. The average molecular weight is 489 g/mol. The molecule has 0 bridgehead atoms. The highest BCUT2D eigenvalue weighted by atomic mass is 19.4. The van der Waals surface area contributed by atoms with Crippen molar-refractivity contribution in [1.29, 1.82) is 0 Å². The van der Waals surface area contributed by atoms with Crippen molar-refractivity contribution in [3.8, 4) is 11.1 Å². The molecule has 2 aliphatic heterocycles. The van der Waals surface area contributed by atoms with Crippen molar-refractivity contribution in [2.24, 2.45) is 0 Å². The number of hydrogen-bond donors (Lipinski definition) is 1. The maximum Gasteiger partial charge on any atom is 0.416 e. The van der Waals surface area contributed by atoms with E-state index in [0.717, 1.165) is 29.9 Å². The summed E-state index contributed by atoms with van der Waals surface area (Å²) in [6.07, 6.45) is 0.0236. The van der Waals surface area contributed by atoms with Crippen molar-refractivity contribution in [2.45, 2.75) is 57.2 Å². The maximum absolute atomic E-state index is 13.3. The summed E-state index contributed by atoms with van der Waals surface area (Å²) in [5.41, 5.74) is 6.06. The van der Waals surface area contributed by atoms with Crippen LogP contribution in [0, 0.1) is 0 Å². The molecule has 0 aliphatic carbocycles. The van der Waals surface area contributed by atoms with Crippen molar-refractivity contribution < 1.29 is 27.6 Å². The Labute approximate surface area is 200 Å². The number of imide groups is 1. The number of aromatic nitrogens is 2. The molecule has 35 heavy (non-hydrogen) atoms. The number of benzene rings is 1. The summed E-state index contributed by atoms with van der Waals surface area (Å²) in [6.45, 7) is 0.434. The Morgan fingerprint density at radius 1 is 1.11 bits per heavy atom. The van der Waals surface area contributed by atoms with Gasteiger partial charge in [-0.05, 0) is 43.4 Å². The monoisotopic (exact) mass is 489 g/mol. The second-order valence-electron chi connectivity index (χ2n) is 8.75. The van der Waals surface area contributed by atoms with Gasteiger partial charge in [0.25, 0.3) is 0 Å². The molecule has 1 aromatic heterocycles. The van der Waals surface area contributed by atoms with E-state index in [1.165, 1.54) is 18.3 Å².